The molecule has 2 aromatic rings. The van der Waals surface area contributed by atoms with Gasteiger partial charge in [-0.05, 0) is 49.4 Å². The maximum atomic E-state index is 12.7. The number of ether oxygens (including phenoxy) is 2. The Kier molecular flexibility index (Phi) is 5.35. The van der Waals surface area contributed by atoms with Crippen LogP contribution < -0.4 is 4.90 Å². The van der Waals surface area contributed by atoms with E-state index in [1.54, 1.807) is 24.3 Å². The molecule has 7 heteroatoms. The van der Waals surface area contributed by atoms with Gasteiger partial charge < -0.3 is 9.47 Å². The summed E-state index contributed by atoms with van der Waals surface area (Å²) < 4.78 is 10.2. The second-order valence-corrected chi connectivity index (χ2v) is 5.95. The van der Waals surface area contributed by atoms with Crippen LogP contribution in [0.25, 0.3) is 0 Å². The number of amides is 2. The number of carbonyl (C=O) groups is 3. The van der Waals surface area contributed by atoms with E-state index in [1.807, 2.05) is 6.92 Å². The van der Waals surface area contributed by atoms with Gasteiger partial charge in [0.25, 0.3) is 11.8 Å². The van der Waals surface area contributed by atoms with Gasteiger partial charge in [0.2, 0.25) is 0 Å². The van der Waals surface area contributed by atoms with Gasteiger partial charge in [0, 0.05) is 11.6 Å². The summed E-state index contributed by atoms with van der Waals surface area (Å²) in [7, 11) is 0. The highest BCUT2D eigenvalue weighted by molar-refractivity contribution is 6.35. The summed E-state index contributed by atoms with van der Waals surface area (Å²) in [6.07, 6.45) is 0. The lowest BCUT2D eigenvalue weighted by atomic mass is 10.1. The van der Waals surface area contributed by atoms with Gasteiger partial charge in [0.15, 0.2) is 0 Å². The second-order valence-electron chi connectivity index (χ2n) is 5.52. The molecule has 134 valence electrons. The smallest absolute Gasteiger partial charge is 0.338 e. The van der Waals surface area contributed by atoms with Crippen LogP contribution in [0.3, 0.4) is 0 Å². The number of benzene rings is 2. The Bertz CT molecular complexity index is 863. The number of imide groups is 1. The average Bonchev–Trinajstić information content (AvgIpc) is 2.90. The molecule has 0 N–H and O–H groups in total. The van der Waals surface area contributed by atoms with Crippen LogP contribution in [0, 0.1) is 0 Å². The SMILES string of the molecule is CCOCCOC(=O)c1ccc2c(c1)C(=O)N(c1ccc(Cl)cc1)C2=O. The fraction of sp³-hybridized carbons (Fsp3) is 0.211. The number of esters is 1. The number of rotatable bonds is 6. The Morgan fingerprint density at radius 3 is 2.38 bits per heavy atom. The molecule has 1 heterocycles. The predicted octanol–water partition coefficient (Wildman–Crippen LogP) is 3.33. The van der Waals surface area contributed by atoms with Crippen LogP contribution in [0.2, 0.25) is 5.02 Å². The summed E-state index contributed by atoms with van der Waals surface area (Å²) >= 11 is 5.85. The van der Waals surface area contributed by atoms with Crippen LogP contribution >= 0.6 is 11.6 Å². The van der Waals surface area contributed by atoms with Crippen molar-refractivity contribution in [3.8, 4) is 0 Å². The Hall–Kier alpha value is -2.70. The van der Waals surface area contributed by atoms with Gasteiger partial charge in [-0.2, -0.15) is 0 Å². The van der Waals surface area contributed by atoms with Crippen molar-refractivity contribution in [2.75, 3.05) is 24.7 Å². The summed E-state index contributed by atoms with van der Waals surface area (Å²) in [5, 5.41) is 0.502. The van der Waals surface area contributed by atoms with Crippen molar-refractivity contribution in [3.63, 3.8) is 0 Å². The third-order valence-electron chi connectivity index (χ3n) is 3.87. The van der Waals surface area contributed by atoms with Crippen LogP contribution in [0.1, 0.15) is 38.0 Å². The number of hydrogen-bond donors (Lipinski definition) is 0. The van der Waals surface area contributed by atoms with Crippen molar-refractivity contribution in [1.29, 1.82) is 0 Å². The Balaban J connectivity index is 1.81. The summed E-state index contributed by atoms with van der Waals surface area (Å²) in [4.78, 5) is 38.4. The summed E-state index contributed by atoms with van der Waals surface area (Å²) in [6.45, 7) is 2.80. The number of fused-ring (bicyclic) bond motifs is 1. The second kappa shape index (κ2) is 7.68. The Morgan fingerprint density at radius 1 is 1.00 bits per heavy atom. The minimum absolute atomic E-state index is 0.119. The van der Waals surface area contributed by atoms with Crippen molar-refractivity contribution in [3.05, 3.63) is 64.2 Å². The molecule has 6 nitrogen and oxygen atoms in total. The standard InChI is InChI=1S/C19H16ClNO5/c1-2-25-9-10-26-19(24)12-3-8-15-16(11-12)18(23)21(17(15)22)14-6-4-13(20)5-7-14/h3-8,11H,2,9-10H2,1H3. The fourth-order valence-electron chi connectivity index (χ4n) is 2.61. The zero-order valence-corrected chi connectivity index (χ0v) is 14.8. The van der Waals surface area contributed by atoms with Crippen molar-refractivity contribution in [2.24, 2.45) is 0 Å². The molecule has 0 aromatic heterocycles. The number of anilines is 1. The quantitative estimate of drug-likeness (QED) is 0.441. The normalized spacial score (nSPS) is 13.1. The molecule has 26 heavy (non-hydrogen) atoms. The highest BCUT2D eigenvalue weighted by Crippen LogP contribution is 2.30. The summed E-state index contributed by atoms with van der Waals surface area (Å²) in [5.74, 6) is -1.50. The lowest BCUT2D eigenvalue weighted by Gasteiger charge is -2.13. The van der Waals surface area contributed by atoms with Gasteiger partial charge in [-0.1, -0.05) is 11.6 Å². The first-order valence-electron chi connectivity index (χ1n) is 8.06. The van der Waals surface area contributed by atoms with Crippen molar-refractivity contribution in [1.82, 2.24) is 0 Å². The molecule has 0 spiro atoms. The lowest BCUT2D eigenvalue weighted by molar-refractivity contribution is 0.0335. The zero-order chi connectivity index (χ0) is 18.7. The van der Waals surface area contributed by atoms with Gasteiger partial charge in [-0.15, -0.1) is 0 Å². The molecule has 0 saturated carbocycles. The Morgan fingerprint density at radius 2 is 1.69 bits per heavy atom. The van der Waals surface area contributed by atoms with E-state index >= 15 is 0 Å². The summed E-state index contributed by atoms with van der Waals surface area (Å²) in [5.41, 5.74) is 1.04. The third-order valence-corrected chi connectivity index (χ3v) is 4.12. The number of carbonyl (C=O) groups excluding carboxylic acids is 3. The first-order valence-corrected chi connectivity index (χ1v) is 8.44. The molecule has 0 radical (unpaired) electrons. The lowest BCUT2D eigenvalue weighted by Crippen LogP contribution is -2.29. The third kappa shape index (κ3) is 3.47. The first-order chi connectivity index (χ1) is 12.5. The number of nitrogens with zero attached hydrogens (tertiary/aromatic N) is 1. The van der Waals surface area contributed by atoms with Gasteiger partial charge >= 0.3 is 5.97 Å². The average molecular weight is 374 g/mol. The van der Waals surface area contributed by atoms with Crippen LogP contribution in [-0.2, 0) is 9.47 Å². The highest BCUT2D eigenvalue weighted by atomic mass is 35.5. The van der Waals surface area contributed by atoms with Crippen LogP contribution in [0.4, 0.5) is 5.69 Å². The van der Waals surface area contributed by atoms with E-state index in [0.29, 0.717) is 23.9 Å². The molecule has 3 rings (SSSR count). The fourth-order valence-corrected chi connectivity index (χ4v) is 2.74. The van der Waals surface area contributed by atoms with Crippen LogP contribution in [0.5, 0.6) is 0 Å². The molecule has 0 atom stereocenters. The summed E-state index contributed by atoms with van der Waals surface area (Å²) in [6, 6.07) is 10.7. The molecule has 1 aliphatic heterocycles. The maximum Gasteiger partial charge on any atom is 0.338 e. The van der Waals surface area contributed by atoms with Gasteiger partial charge in [-0.3, -0.25) is 9.59 Å². The molecular formula is C19H16ClNO5. The Labute approximate surface area is 155 Å². The van der Waals surface area contributed by atoms with E-state index < -0.39 is 17.8 Å². The van der Waals surface area contributed by atoms with Crippen molar-refractivity contribution >= 4 is 35.1 Å². The highest BCUT2D eigenvalue weighted by Gasteiger charge is 2.37. The van der Waals surface area contributed by atoms with Gasteiger partial charge in [0.1, 0.15) is 6.61 Å². The largest absolute Gasteiger partial charge is 0.460 e. The minimum Gasteiger partial charge on any atom is -0.460 e. The number of halogens is 1. The van der Waals surface area contributed by atoms with Crippen molar-refractivity contribution in [2.45, 2.75) is 6.92 Å². The molecule has 0 unspecified atom stereocenters. The molecule has 2 aromatic carbocycles. The van der Waals surface area contributed by atoms with E-state index in [4.69, 9.17) is 21.1 Å². The van der Waals surface area contributed by atoms with E-state index in [-0.39, 0.29) is 23.3 Å². The minimum atomic E-state index is -0.572. The molecule has 0 fully saturated rings. The van der Waals surface area contributed by atoms with Crippen molar-refractivity contribution < 1.29 is 23.9 Å². The maximum absolute atomic E-state index is 12.7. The topological polar surface area (TPSA) is 72.9 Å². The first kappa shape index (κ1) is 18.1. The predicted molar refractivity (Wildman–Crippen MR) is 95.8 cm³/mol. The molecule has 0 bridgehead atoms. The molecule has 0 aliphatic carbocycles. The molecule has 2 amide bonds. The van der Waals surface area contributed by atoms with E-state index in [0.717, 1.165) is 4.90 Å². The van der Waals surface area contributed by atoms with Gasteiger partial charge in [0.05, 0.1) is 29.0 Å². The van der Waals surface area contributed by atoms with E-state index in [9.17, 15) is 14.4 Å². The zero-order valence-electron chi connectivity index (χ0n) is 14.0. The number of hydrogen-bond acceptors (Lipinski definition) is 5. The monoisotopic (exact) mass is 373 g/mol. The molecule has 1 aliphatic rings. The van der Waals surface area contributed by atoms with Gasteiger partial charge in [-0.25, -0.2) is 9.69 Å². The van der Waals surface area contributed by atoms with Crippen LogP contribution in [-0.4, -0.2) is 37.6 Å². The van der Waals surface area contributed by atoms with E-state index in [2.05, 4.69) is 0 Å². The molecular weight excluding hydrogens is 358 g/mol. The van der Waals surface area contributed by atoms with Crippen LogP contribution in [0.15, 0.2) is 42.5 Å². The van der Waals surface area contributed by atoms with E-state index in [1.165, 1.54) is 18.2 Å². The molecule has 0 saturated heterocycles.